The van der Waals surface area contributed by atoms with Crippen molar-refractivity contribution >= 4 is 23.5 Å². The number of hydrogen-bond donors (Lipinski definition) is 1. The topological polar surface area (TPSA) is 55.4 Å². The molecule has 22 heavy (non-hydrogen) atoms. The van der Waals surface area contributed by atoms with Gasteiger partial charge in [-0.2, -0.15) is 0 Å². The van der Waals surface area contributed by atoms with Crippen LogP contribution in [0.5, 0.6) is 0 Å². The van der Waals surface area contributed by atoms with Crippen LogP contribution in [0.3, 0.4) is 0 Å². The van der Waals surface area contributed by atoms with Crippen LogP contribution >= 0.6 is 11.6 Å². The number of ether oxygens (including phenoxy) is 1. The lowest BCUT2D eigenvalue weighted by Crippen LogP contribution is -2.31. The van der Waals surface area contributed by atoms with Crippen molar-refractivity contribution in [1.82, 2.24) is 5.32 Å². The van der Waals surface area contributed by atoms with Crippen molar-refractivity contribution in [2.75, 3.05) is 6.61 Å². The van der Waals surface area contributed by atoms with Crippen LogP contribution in [0, 0.1) is 5.92 Å². The van der Waals surface area contributed by atoms with E-state index in [4.69, 9.17) is 16.3 Å². The average Bonchev–Trinajstić information content (AvgIpc) is 2.98. The molecule has 1 aliphatic carbocycles. The normalized spacial score (nSPS) is 18.0. The van der Waals surface area contributed by atoms with Crippen molar-refractivity contribution in [3.8, 4) is 0 Å². The molecule has 1 aliphatic rings. The third-order valence-corrected chi connectivity index (χ3v) is 3.87. The van der Waals surface area contributed by atoms with E-state index in [-0.39, 0.29) is 30.4 Å². The average molecular weight is 322 g/mol. The summed E-state index contributed by atoms with van der Waals surface area (Å²) in [6.07, 6.45) is 6.43. The Morgan fingerprint density at radius 3 is 2.95 bits per heavy atom. The van der Waals surface area contributed by atoms with E-state index in [1.54, 1.807) is 12.1 Å². The Balaban J connectivity index is 1.73. The third-order valence-electron chi connectivity index (χ3n) is 3.63. The van der Waals surface area contributed by atoms with E-state index in [0.29, 0.717) is 11.4 Å². The fraction of sp³-hybridized carbons (Fsp3) is 0.412. The van der Waals surface area contributed by atoms with E-state index in [1.807, 2.05) is 25.1 Å². The number of carbonyl (C=O) groups excluding carboxylic acids is 2. The lowest BCUT2D eigenvalue weighted by Gasteiger charge is -2.15. The summed E-state index contributed by atoms with van der Waals surface area (Å²) in [5.74, 6) is -0.397. The van der Waals surface area contributed by atoms with Gasteiger partial charge in [-0.25, -0.2) is 0 Å². The largest absolute Gasteiger partial charge is 0.456 e. The molecule has 1 aromatic carbocycles. The van der Waals surface area contributed by atoms with Crippen molar-refractivity contribution in [2.45, 2.75) is 32.2 Å². The van der Waals surface area contributed by atoms with Gasteiger partial charge in [-0.1, -0.05) is 35.9 Å². The van der Waals surface area contributed by atoms with Crippen molar-refractivity contribution in [3.63, 3.8) is 0 Å². The van der Waals surface area contributed by atoms with E-state index in [2.05, 4.69) is 11.4 Å². The molecule has 0 aliphatic heterocycles. The highest BCUT2D eigenvalue weighted by Crippen LogP contribution is 2.20. The lowest BCUT2D eigenvalue weighted by atomic mass is 10.1. The number of benzene rings is 1. The Bertz CT molecular complexity index is 571. The minimum atomic E-state index is -0.331. The van der Waals surface area contributed by atoms with Crippen molar-refractivity contribution in [3.05, 3.63) is 47.0 Å². The van der Waals surface area contributed by atoms with Gasteiger partial charge in [0, 0.05) is 5.02 Å². The molecular formula is C17H20ClNO3. The molecule has 4 nitrogen and oxygen atoms in total. The molecule has 2 rings (SSSR count). The van der Waals surface area contributed by atoms with Gasteiger partial charge in [0.1, 0.15) is 0 Å². The molecular weight excluding hydrogens is 302 g/mol. The predicted molar refractivity (Wildman–Crippen MR) is 85.4 cm³/mol. The fourth-order valence-electron chi connectivity index (χ4n) is 2.43. The summed E-state index contributed by atoms with van der Waals surface area (Å²) < 4.78 is 5.02. The second-order valence-corrected chi connectivity index (χ2v) is 5.91. The maximum Gasteiger partial charge on any atom is 0.306 e. The SMILES string of the molecule is C[C@@H](NC(=O)COC(=O)C[C@H]1C=CCC1)c1cccc(Cl)c1. The molecule has 0 spiro atoms. The van der Waals surface area contributed by atoms with E-state index in [1.165, 1.54) is 0 Å². The Labute approximate surface area is 135 Å². The second-order valence-electron chi connectivity index (χ2n) is 5.47. The molecule has 0 aromatic heterocycles. The van der Waals surface area contributed by atoms with E-state index in [0.717, 1.165) is 18.4 Å². The van der Waals surface area contributed by atoms with Crippen LogP contribution in [-0.2, 0) is 14.3 Å². The number of rotatable bonds is 6. The van der Waals surface area contributed by atoms with Gasteiger partial charge < -0.3 is 10.1 Å². The first-order chi connectivity index (χ1) is 10.5. The minimum absolute atomic E-state index is 0.192. The van der Waals surface area contributed by atoms with Crippen LogP contribution in [0.4, 0.5) is 0 Å². The number of amides is 1. The molecule has 2 atom stereocenters. The van der Waals surface area contributed by atoms with Gasteiger partial charge in [-0.15, -0.1) is 0 Å². The summed E-state index contributed by atoms with van der Waals surface area (Å²) >= 11 is 5.92. The summed E-state index contributed by atoms with van der Waals surface area (Å²) in [6, 6.07) is 7.09. The van der Waals surface area contributed by atoms with Crippen LogP contribution < -0.4 is 5.32 Å². The standard InChI is InChI=1S/C17H20ClNO3/c1-12(14-7-4-8-15(18)10-14)19-16(20)11-22-17(21)9-13-5-2-3-6-13/h2,4-5,7-8,10,12-13H,3,6,9,11H2,1H3,(H,19,20)/t12-,13+/m1/s1. The molecule has 0 fully saturated rings. The van der Waals surface area contributed by atoms with E-state index in [9.17, 15) is 9.59 Å². The summed E-state index contributed by atoms with van der Waals surface area (Å²) in [7, 11) is 0. The quantitative estimate of drug-likeness (QED) is 0.645. The van der Waals surface area contributed by atoms with Gasteiger partial charge >= 0.3 is 5.97 Å². The molecule has 5 heteroatoms. The Morgan fingerprint density at radius 2 is 2.27 bits per heavy atom. The molecule has 1 N–H and O–H groups in total. The number of carbonyl (C=O) groups is 2. The van der Waals surface area contributed by atoms with Gasteiger partial charge in [-0.05, 0) is 43.4 Å². The summed E-state index contributed by atoms with van der Waals surface area (Å²) in [4.78, 5) is 23.5. The van der Waals surface area contributed by atoms with Crippen molar-refractivity contribution < 1.29 is 14.3 Å². The second kappa shape index (κ2) is 7.99. The van der Waals surface area contributed by atoms with E-state index >= 15 is 0 Å². The molecule has 0 unspecified atom stereocenters. The first kappa shape index (κ1) is 16.6. The summed E-state index contributed by atoms with van der Waals surface area (Å²) in [5, 5.41) is 3.40. The zero-order valence-corrected chi connectivity index (χ0v) is 13.3. The molecule has 118 valence electrons. The van der Waals surface area contributed by atoms with Crippen molar-refractivity contribution in [1.29, 1.82) is 0 Å². The smallest absolute Gasteiger partial charge is 0.306 e. The van der Waals surface area contributed by atoms with Crippen LogP contribution in [0.15, 0.2) is 36.4 Å². The van der Waals surface area contributed by atoms with Crippen LogP contribution in [0.1, 0.15) is 37.8 Å². The molecule has 1 aromatic rings. The highest BCUT2D eigenvalue weighted by Gasteiger charge is 2.16. The highest BCUT2D eigenvalue weighted by molar-refractivity contribution is 6.30. The lowest BCUT2D eigenvalue weighted by molar-refractivity contribution is -0.149. The molecule has 0 saturated heterocycles. The maximum atomic E-state index is 11.8. The Morgan fingerprint density at radius 1 is 1.45 bits per heavy atom. The number of allylic oxidation sites excluding steroid dienone is 2. The molecule has 1 amide bonds. The van der Waals surface area contributed by atoms with Crippen LogP contribution in [0.2, 0.25) is 5.02 Å². The molecule has 0 radical (unpaired) electrons. The minimum Gasteiger partial charge on any atom is -0.456 e. The number of hydrogen-bond acceptors (Lipinski definition) is 3. The number of esters is 1. The van der Waals surface area contributed by atoms with E-state index < -0.39 is 0 Å². The monoisotopic (exact) mass is 321 g/mol. The fourth-order valence-corrected chi connectivity index (χ4v) is 2.63. The van der Waals surface area contributed by atoms with Gasteiger partial charge in [0.05, 0.1) is 12.5 Å². The molecule has 0 saturated carbocycles. The zero-order valence-electron chi connectivity index (χ0n) is 12.5. The summed E-state index contributed by atoms with van der Waals surface area (Å²) in [6.45, 7) is 1.61. The summed E-state index contributed by atoms with van der Waals surface area (Å²) in [5.41, 5.74) is 0.906. The van der Waals surface area contributed by atoms with Crippen LogP contribution in [0.25, 0.3) is 0 Å². The first-order valence-electron chi connectivity index (χ1n) is 7.41. The zero-order chi connectivity index (χ0) is 15.9. The first-order valence-corrected chi connectivity index (χ1v) is 7.79. The number of halogens is 1. The third kappa shape index (κ3) is 5.19. The molecule has 0 bridgehead atoms. The Hall–Kier alpha value is -1.81. The van der Waals surface area contributed by atoms with Gasteiger partial charge in [0.2, 0.25) is 0 Å². The Kier molecular flexibility index (Phi) is 6.01. The number of nitrogens with one attached hydrogen (secondary N) is 1. The van der Waals surface area contributed by atoms with Gasteiger partial charge in [-0.3, -0.25) is 9.59 Å². The van der Waals surface area contributed by atoms with Gasteiger partial charge in [0.15, 0.2) is 6.61 Å². The predicted octanol–water partition coefficient (Wildman–Crippen LogP) is 3.42. The van der Waals surface area contributed by atoms with Gasteiger partial charge in [0.25, 0.3) is 5.91 Å². The maximum absolute atomic E-state index is 11.8. The van der Waals surface area contributed by atoms with Crippen molar-refractivity contribution in [2.24, 2.45) is 5.92 Å². The molecule has 0 heterocycles. The highest BCUT2D eigenvalue weighted by atomic mass is 35.5. The van der Waals surface area contributed by atoms with Crippen LogP contribution in [-0.4, -0.2) is 18.5 Å².